The molecule has 1 aliphatic rings. The number of carbonyl (C=O) groups is 2. The first-order chi connectivity index (χ1) is 11.3. The van der Waals surface area contributed by atoms with Crippen molar-refractivity contribution in [3.63, 3.8) is 0 Å². The van der Waals surface area contributed by atoms with E-state index < -0.39 is 5.41 Å². The number of anilines is 1. The van der Waals surface area contributed by atoms with Crippen LogP contribution in [0.3, 0.4) is 0 Å². The Balaban J connectivity index is 2.05. The zero-order valence-electron chi connectivity index (χ0n) is 14.9. The van der Waals surface area contributed by atoms with Crippen LogP contribution in [0.1, 0.15) is 26.3 Å². The number of likely N-dealkylation sites (N-methyl/N-ethyl adjacent to an activating group) is 1. The number of hydrogen-bond acceptors (Lipinski definition) is 3. The number of carbonyl (C=O) groups excluding carboxylic acids is 2. The Hall–Kier alpha value is -1.59. The minimum absolute atomic E-state index is 0.123. The number of amides is 2. The molecule has 0 radical (unpaired) electrons. The average Bonchev–Trinajstić information content (AvgIpc) is 2.56. The van der Waals surface area contributed by atoms with E-state index in [0.717, 1.165) is 25.2 Å². The number of hydrogen-bond donors (Lipinski definition) is 1. The molecule has 2 rings (SSSR count). The highest BCUT2D eigenvalue weighted by Gasteiger charge is 2.40. The minimum atomic E-state index is -1.11. The maximum atomic E-state index is 12.8. The molecule has 132 valence electrons. The van der Waals surface area contributed by atoms with Gasteiger partial charge in [0.15, 0.2) is 0 Å². The van der Waals surface area contributed by atoms with Crippen LogP contribution in [0.15, 0.2) is 18.2 Å². The molecule has 0 aliphatic carbocycles. The van der Waals surface area contributed by atoms with E-state index >= 15 is 0 Å². The monoisotopic (exact) mass is 351 g/mol. The maximum Gasteiger partial charge on any atom is 0.239 e. The van der Waals surface area contributed by atoms with E-state index in [4.69, 9.17) is 11.6 Å². The molecular formula is C18H26ClN3O2. The molecule has 6 heteroatoms. The number of aryl methyl sites for hydroxylation is 1. The van der Waals surface area contributed by atoms with E-state index in [-0.39, 0.29) is 11.8 Å². The van der Waals surface area contributed by atoms with Gasteiger partial charge in [-0.15, -0.1) is 0 Å². The van der Waals surface area contributed by atoms with Crippen LogP contribution in [0.5, 0.6) is 0 Å². The molecule has 1 aliphatic heterocycles. The molecule has 1 saturated heterocycles. The Morgan fingerprint density at radius 2 is 1.83 bits per heavy atom. The fraction of sp³-hybridized carbons (Fsp3) is 0.556. The van der Waals surface area contributed by atoms with Crippen LogP contribution in [-0.2, 0) is 9.59 Å². The molecule has 0 saturated carbocycles. The zero-order chi connectivity index (χ0) is 17.9. The molecule has 1 fully saturated rings. The van der Waals surface area contributed by atoms with Crippen molar-refractivity contribution < 1.29 is 9.59 Å². The van der Waals surface area contributed by atoms with Gasteiger partial charge in [0.1, 0.15) is 5.41 Å². The van der Waals surface area contributed by atoms with Gasteiger partial charge >= 0.3 is 0 Å². The third-order valence-corrected chi connectivity index (χ3v) is 4.88. The lowest BCUT2D eigenvalue weighted by Crippen LogP contribution is -2.54. The first-order valence-corrected chi connectivity index (χ1v) is 8.73. The largest absolute Gasteiger partial charge is 0.339 e. The summed E-state index contributed by atoms with van der Waals surface area (Å²) in [4.78, 5) is 29.6. The topological polar surface area (TPSA) is 52.7 Å². The number of halogens is 1. The summed E-state index contributed by atoms with van der Waals surface area (Å²) in [7, 11) is 0. The average molecular weight is 352 g/mol. The molecule has 1 aromatic rings. The van der Waals surface area contributed by atoms with Gasteiger partial charge in [0.05, 0.1) is 0 Å². The van der Waals surface area contributed by atoms with Crippen molar-refractivity contribution in [1.82, 2.24) is 9.80 Å². The van der Waals surface area contributed by atoms with Gasteiger partial charge in [-0.2, -0.15) is 0 Å². The number of piperazine rings is 1. The molecule has 0 unspecified atom stereocenters. The molecule has 24 heavy (non-hydrogen) atoms. The molecule has 5 nitrogen and oxygen atoms in total. The van der Waals surface area contributed by atoms with Gasteiger partial charge in [-0.05, 0) is 51.1 Å². The molecule has 0 atom stereocenters. The summed E-state index contributed by atoms with van der Waals surface area (Å²) in [5.41, 5.74) is 0.442. The second-order valence-electron chi connectivity index (χ2n) is 6.76. The second-order valence-corrected chi connectivity index (χ2v) is 7.20. The Bertz CT molecular complexity index is 623. The number of rotatable bonds is 4. The summed E-state index contributed by atoms with van der Waals surface area (Å²) in [6.07, 6.45) is 0. The van der Waals surface area contributed by atoms with Crippen LogP contribution in [-0.4, -0.2) is 54.3 Å². The lowest BCUT2D eigenvalue weighted by Gasteiger charge is -2.37. The van der Waals surface area contributed by atoms with Gasteiger partial charge in [0.2, 0.25) is 11.8 Å². The van der Waals surface area contributed by atoms with E-state index in [1.165, 1.54) is 0 Å². The fourth-order valence-electron chi connectivity index (χ4n) is 2.81. The van der Waals surface area contributed by atoms with Crippen LogP contribution in [0.25, 0.3) is 0 Å². The standard InChI is InChI=1S/C18H26ClN3O2/c1-5-21-8-10-22(11-9-21)17(24)18(3,4)16(23)20-15-7-6-14(19)12-13(15)2/h6-7,12H,5,8-11H2,1-4H3,(H,20,23). The summed E-state index contributed by atoms with van der Waals surface area (Å²) in [5.74, 6) is -0.418. The van der Waals surface area contributed by atoms with Crippen molar-refractivity contribution in [3.05, 3.63) is 28.8 Å². The second kappa shape index (κ2) is 7.53. The number of benzene rings is 1. The van der Waals surface area contributed by atoms with Crippen molar-refractivity contribution in [2.24, 2.45) is 5.41 Å². The molecule has 0 spiro atoms. The molecule has 1 N–H and O–H groups in total. The Morgan fingerprint density at radius 3 is 2.38 bits per heavy atom. The van der Waals surface area contributed by atoms with E-state index in [1.54, 1.807) is 36.9 Å². The van der Waals surface area contributed by atoms with Crippen LogP contribution in [0, 0.1) is 12.3 Å². The van der Waals surface area contributed by atoms with Gasteiger partial charge in [-0.1, -0.05) is 18.5 Å². The zero-order valence-corrected chi connectivity index (χ0v) is 15.6. The highest BCUT2D eigenvalue weighted by atomic mass is 35.5. The van der Waals surface area contributed by atoms with Crippen molar-refractivity contribution in [2.75, 3.05) is 38.0 Å². The highest BCUT2D eigenvalue weighted by Crippen LogP contribution is 2.25. The first kappa shape index (κ1) is 18.7. The third-order valence-electron chi connectivity index (χ3n) is 4.65. The van der Waals surface area contributed by atoms with Gasteiger partial charge in [0.25, 0.3) is 0 Å². The van der Waals surface area contributed by atoms with Crippen LogP contribution in [0.2, 0.25) is 5.02 Å². The van der Waals surface area contributed by atoms with Gasteiger partial charge in [-0.25, -0.2) is 0 Å². The molecular weight excluding hydrogens is 326 g/mol. The maximum absolute atomic E-state index is 12.8. The van der Waals surface area contributed by atoms with Gasteiger partial charge in [0, 0.05) is 36.9 Å². The minimum Gasteiger partial charge on any atom is -0.339 e. The summed E-state index contributed by atoms with van der Waals surface area (Å²) in [5, 5.41) is 3.48. The molecule has 0 bridgehead atoms. The normalized spacial score (nSPS) is 16.1. The predicted molar refractivity (Wildman–Crippen MR) is 97.3 cm³/mol. The molecule has 0 aromatic heterocycles. The summed E-state index contributed by atoms with van der Waals surface area (Å²) in [6, 6.07) is 5.27. The van der Waals surface area contributed by atoms with Crippen LogP contribution < -0.4 is 5.32 Å². The molecule has 1 aromatic carbocycles. The highest BCUT2D eigenvalue weighted by molar-refractivity contribution is 6.30. The van der Waals surface area contributed by atoms with Crippen molar-refractivity contribution in [1.29, 1.82) is 0 Å². The van der Waals surface area contributed by atoms with Crippen molar-refractivity contribution in [2.45, 2.75) is 27.7 Å². The van der Waals surface area contributed by atoms with E-state index in [2.05, 4.69) is 17.1 Å². The van der Waals surface area contributed by atoms with Gasteiger partial charge in [-0.3, -0.25) is 9.59 Å². The summed E-state index contributed by atoms with van der Waals surface area (Å²) >= 11 is 5.94. The third kappa shape index (κ3) is 4.08. The SMILES string of the molecule is CCN1CCN(C(=O)C(C)(C)C(=O)Nc2ccc(Cl)cc2C)CC1. The lowest BCUT2D eigenvalue weighted by molar-refractivity contribution is -0.147. The quantitative estimate of drug-likeness (QED) is 0.849. The van der Waals surface area contributed by atoms with E-state index in [9.17, 15) is 9.59 Å². The predicted octanol–water partition coefficient (Wildman–Crippen LogP) is 2.78. The molecule has 1 heterocycles. The molecule has 2 amide bonds. The van der Waals surface area contributed by atoms with Crippen molar-refractivity contribution >= 4 is 29.1 Å². The first-order valence-electron chi connectivity index (χ1n) is 8.35. The van der Waals surface area contributed by atoms with Gasteiger partial charge < -0.3 is 15.1 Å². The van der Waals surface area contributed by atoms with Crippen LogP contribution >= 0.6 is 11.6 Å². The Kier molecular flexibility index (Phi) is 5.88. The van der Waals surface area contributed by atoms with E-state index in [1.807, 2.05) is 6.92 Å². The smallest absolute Gasteiger partial charge is 0.239 e. The van der Waals surface area contributed by atoms with E-state index in [0.29, 0.717) is 23.8 Å². The summed E-state index contributed by atoms with van der Waals surface area (Å²) in [6.45, 7) is 11.4. The van der Waals surface area contributed by atoms with Crippen molar-refractivity contribution in [3.8, 4) is 0 Å². The number of nitrogens with one attached hydrogen (secondary N) is 1. The Labute approximate surface area is 149 Å². The fourth-order valence-corrected chi connectivity index (χ4v) is 3.03. The number of nitrogens with zero attached hydrogens (tertiary/aromatic N) is 2. The van der Waals surface area contributed by atoms with Crippen LogP contribution in [0.4, 0.5) is 5.69 Å². The lowest BCUT2D eigenvalue weighted by atomic mass is 9.89. The summed E-state index contributed by atoms with van der Waals surface area (Å²) < 4.78 is 0. The Morgan fingerprint density at radius 1 is 1.21 bits per heavy atom.